The SMILES string of the molecule is CC1(O)CCN(S(=O)(=O)N2CCNCC2)CC1. The fourth-order valence-electron chi connectivity index (χ4n) is 2.24. The summed E-state index contributed by atoms with van der Waals surface area (Å²) >= 11 is 0. The zero-order valence-corrected chi connectivity index (χ0v) is 11.0. The summed E-state index contributed by atoms with van der Waals surface area (Å²) in [7, 11) is -3.32. The molecule has 17 heavy (non-hydrogen) atoms. The maximum Gasteiger partial charge on any atom is 0.282 e. The van der Waals surface area contributed by atoms with Gasteiger partial charge in [0.2, 0.25) is 0 Å². The Morgan fingerprint density at radius 3 is 2.06 bits per heavy atom. The van der Waals surface area contributed by atoms with Crippen molar-refractivity contribution in [1.82, 2.24) is 13.9 Å². The van der Waals surface area contributed by atoms with Crippen LogP contribution in [0.25, 0.3) is 0 Å². The van der Waals surface area contributed by atoms with Gasteiger partial charge in [0.05, 0.1) is 5.60 Å². The van der Waals surface area contributed by atoms with Gasteiger partial charge < -0.3 is 10.4 Å². The molecule has 2 aliphatic heterocycles. The molecule has 0 aromatic heterocycles. The molecule has 0 amide bonds. The third kappa shape index (κ3) is 2.97. The smallest absolute Gasteiger partial charge is 0.282 e. The van der Waals surface area contributed by atoms with Crippen molar-refractivity contribution in [2.75, 3.05) is 39.3 Å². The molecule has 0 aliphatic carbocycles. The zero-order chi connectivity index (χ0) is 12.5. The first-order chi connectivity index (χ1) is 7.92. The number of rotatable bonds is 2. The van der Waals surface area contributed by atoms with Gasteiger partial charge in [0.1, 0.15) is 0 Å². The Labute approximate surface area is 103 Å². The first-order valence-electron chi connectivity index (χ1n) is 6.10. The minimum absolute atomic E-state index is 0.416. The number of nitrogens with zero attached hydrogens (tertiary/aromatic N) is 2. The molecule has 2 saturated heterocycles. The minimum Gasteiger partial charge on any atom is -0.390 e. The first-order valence-corrected chi connectivity index (χ1v) is 7.50. The summed E-state index contributed by atoms with van der Waals surface area (Å²) in [5.74, 6) is 0. The second-order valence-corrected chi connectivity index (χ2v) is 6.98. The van der Waals surface area contributed by atoms with Crippen LogP contribution in [0.5, 0.6) is 0 Å². The summed E-state index contributed by atoms with van der Waals surface area (Å²) in [5, 5.41) is 13.0. The van der Waals surface area contributed by atoms with Gasteiger partial charge in [-0.1, -0.05) is 0 Å². The molecule has 2 N–H and O–H groups in total. The second-order valence-electron chi connectivity index (χ2n) is 5.05. The van der Waals surface area contributed by atoms with E-state index < -0.39 is 15.8 Å². The third-order valence-electron chi connectivity index (χ3n) is 3.53. The average molecular weight is 263 g/mol. The van der Waals surface area contributed by atoms with Gasteiger partial charge in [0.15, 0.2) is 0 Å². The van der Waals surface area contributed by atoms with E-state index in [1.807, 2.05) is 0 Å². The molecular formula is C10H21N3O3S. The maximum atomic E-state index is 12.3. The topological polar surface area (TPSA) is 72.9 Å². The molecule has 0 radical (unpaired) electrons. The molecule has 0 aromatic rings. The highest BCUT2D eigenvalue weighted by atomic mass is 32.2. The number of piperidine rings is 1. The number of hydrogen-bond donors (Lipinski definition) is 2. The Kier molecular flexibility index (Phi) is 3.74. The van der Waals surface area contributed by atoms with E-state index in [0.29, 0.717) is 52.1 Å². The van der Waals surface area contributed by atoms with E-state index in [1.165, 1.54) is 8.61 Å². The second kappa shape index (κ2) is 4.81. The molecule has 0 unspecified atom stereocenters. The van der Waals surface area contributed by atoms with Gasteiger partial charge in [-0.3, -0.25) is 0 Å². The molecule has 2 heterocycles. The normalized spacial score (nSPS) is 28.1. The van der Waals surface area contributed by atoms with Gasteiger partial charge >= 0.3 is 0 Å². The van der Waals surface area contributed by atoms with Crippen LogP contribution in [0, 0.1) is 0 Å². The van der Waals surface area contributed by atoms with Crippen LogP contribution in [0.15, 0.2) is 0 Å². The van der Waals surface area contributed by atoms with Crippen molar-refractivity contribution in [3.63, 3.8) is 0 Å². The summed E-state index contributed by atoms with van der Waals surface area (Å²) < 4.78 is 27.6. The van der Waals surface area contributed by atoms with Crippen LogP contribution in [0.2, 0.25) is 0 Å². The van der Waals surface area contributed by atoms with E-state index in [1.54, 1.807) is 6.92 Å². The summed E-state index contributed by atoms with van der Waals surface area (Å²) in [6.07, 6.45) is 1.02. The average Bonchev–Trinajstić information content (AvgIpc) is 2.29. The van der Waals surface area contributed by atoms with Crippen molar-refractivity contribution in [2.45, 2.75) is 25.4 Å². The van der Waals surface area contributed by atoms with Gasteiger partial charge in [0, 0.05) is 39.3 Å². The molecule has 2 rings (SSSR count). The molecule has 0 aromatic carbocycles. The van der Waals surface area contributed by atoms with E-state index in [0.717, 1.165) is 0 Å². The Bertz CT molecular complexity index is 353. The lowest BCUT2D eigenvalue weighted by atomic mass is 9.95. The van der Waals surface area contributed by atoms with Gasteiger partial charge in [0.25, 0.3) is 10.2 Å². The Balaban J connectivity index is 2.01. The fraction of sp³-hybridized carbons (Fsp3) is 1.00. The van der Waals surface area contributed by atoms with Crippen molar-refractivity contribution >= 4 is 10.2 Å². The Morgan fingerprint density at radius 2 is 1.53 bits per heavy atom. The summed E-state index contributed by atoms with van der Waals surface area (Å²) in [6.45, 7) is 5.10. The Morgan fingerprint density at radius 1 is 1.06 bits per heavy atom. The number of nitrogens with one attached hydrogen (secondary N) is 1. The quantitative estimate of drug-likeness (QED) is 0.669. The van der Waals surface area contributed by atoms with Gasteiger partial charge in [-0.05, 0) is 19.8 Å². The molecule has 100 valence electrons. The Hall–Kier alpha value is -0.210. The highest BCUT2D eigenvalue weighted by Gasteiger charge is 2.36. The molecule has 2 fully saturated rings. The molecule has 6 nitrogen and oxygen atoms in total. The third-order valence-corrected chi connectivity index (χ3v) is 5.56. The first kappa shape index (κ1) is 13.2. The van der Waals surface area contributed by atoms with Crippen molar-refractivity contribution < 1.29 is 13.5 Å². The standard InChI is InChI=1S/C10H21N3O3S/c1-10(14)2-6-12(7-3-10)17(15,16)13-8-4-11-5-9-13/h11,14H,2-9H2,1H3. The van der Waals surface area contributed by atoms with Crippen LogP contribution in [-0.2, 0) is 10.2 Å². The lowest BCUT2D eigenvalue weighted by molar-refractivity contribution is 0.0114. The minimum atomic E-state index is -3.32. The van der Waals surface area contributed by atoms with Crippen LogP contribution in [-0.4, -0.2) is 67.0 Å². The summed E-state index contributed by atoms with van der Waals surface area (Å²) in [6, 6.07) is 0. The number of hydrogen-bond acceptors (Lipinski definition) is 4. The van der Waals surface area contributed by atoms with Gasteiger partial charge in [-0.2, -0.15) is 17.0 Å². The summed E-state index contributed by atoms with van der Waals surface area (Å²) in [4.78, 5) is 0. The molecular weight excluding hydrogens is 242 g/mol. The summed E-state index contributed by atoms with van der Waals surface area (Å²) in [5.41, 5.74) is -0.713. The van der Waals surface area contributed by atoms with Crippen LogP contribution in [0.4, 0.5) is 0 Å². The predicted molar refractivity (Wildman–Crippen MR) is 64.8 cm³/mol. The van der Waals surface area contributed by atoms with E-state index in [4.69, 9.17) is 0 Å². The molecule has 0 atom stereocenters. The largest absolute Gasteiger partial charge is 0.390 e. The van der Waals surface area contributed by atoms with Crippen molar-refractivity contribution in [1.29, 1.82) is 0 Å². The molecule has 0 spiro atoms. The predicted octanol–water partition coefficient (Wildman–Crippen LogP) is -1.02. The molecule has 0 saturated carbocycles. The van der Waals surface area contributed by atoms with Crippen LogP contribution in [0.1, 0.15) is 19.8 Å². The van der Waals surface area contributed by atoms with E-state index in [2.05, 4.69) is 5.32 Å². The lowest BCUT2D eigenvalue weighted by Crippen LogP contribution is -2.54. The molecule has 2 aliphatic rings. The number of aliphatic hydroxyl groups is 1. The maximum absolute atomic E-state index is 12.3. The lowest BCUT2D eigenvalue weighted by Gasteiger charge is -2.38. The highest BCUT2D eigenvalue weighted by molar-refractivity contribution is 7.86. The molecule has 7 heteroatoms. The monoisotopic (exact) mass is 263 g/mol. The highest BCUT2D eigenvalue weighted by Crippen LogP contribution is 2.24. The van der Waals surface area contributed by atoms with Crippen LogP contribution in [0.3, 0.4) is 0 Å². The van der Waals surface area contributed by atoms with Crippen molar-refractivity contribution in [3.05, 3.63) is 0 Å². The van der Waals surface area contributed by atoms with E-state index in [-0.39, 0.29) is 0 Å². The van der Waals surface area contributed by atoms with E-state index >= 15 is 0 Å². The van der Waals surface area contributed by atoms with E-state index in [9.17, 15) is 13.5 Å². The van der Waals surface area contributed by atoms with Crippen molar-refractivity contribution in [3.8, 4) is 0 Å². The van der Waals surface area contributed by atoms with Gasteiger partial charge in [-0.15, -0.1) is 0 Å². The zero-order valence-electron chi connectivity index (χ0n) is 10.2. The fourth-order valence-corrected chi connectivity index (χ4v) is 3.85. The van der Waals surface area contributed by atoms with Gasteiger partial charge in [-0.25, -0.2) is 0 Å². The van der Waals surface area contributed by atoms with Crippen LogP contribution < -0.4 is 5.32 Å². The van der Waals surface area contributed by atoms with Crippen molar-refractivity contribution in [2.24, 2.45) is 0 Å². The van der Waals surface area contributed by atoms with Crippen LogP contribution >= 0.6 is 0 Å². The number of piperazine rings is 1. The molecule has 0 bridgehead atoms.